The number of hydrogen-bond donors (Lipinski definition) is 1. The van der Waals surface area contributed by atoms with E-state index in [1.54, 1.807) is 10.9 Å². The van der Waals surface area contributed by atoms with Crippen molar-refractivity contribution >= 4 is 11.6 Å². The average Bonchev–Trinajstić information content (AvgIpc) is 2.65. The van der Waals surface area contributed by atoms with Gasteiger partial charge >= 0.3 is 0 Å². The molecule has 1 N–H and O–H groups in total. The van der Waals surface area contributed by atoms with Gasteiger partial charge in [-0.25, -0.2) is 0 Å². The van der Waals surface area contributed by atoms with Crippen molar-refractivity contribution in [2.75, 3.05) is 5.32 Å². The third-order valence-corrected chi connectivity index (χ3v) is 3.57. The van der Waals surface area contributed by atoms with Crippen LogP contribution in [0.1, 0.15) is 32.7 Å². The van der Waals surface area contributed by atoms with Gasteiger partial charge in [-0.15, -0.1) is 0 Å². The molecule has 0 unspecified atom stereocenters. The maximum atomic E-state index is 12.3. The predicted molar refractivity (Wildman–Crippen MR) is 76.6 cm³/mol. The lowest BCUT2D eigenvalue weighted by molar-refractivity contribution is 0.102. The molecule has 19 heavy (non-hydrogen) atoms. The van der Waals surface area contributed by atoms with Crippen molar-refractivity contribution in [3.8, 4) is 0 Å². The fourth-order valence-corrected chi connectivity index (χ4v) is 2.02. The van der Waals surface area contributed by atoms with E-state index >= 15 is 0 Å². The predicted octanol–water partition coefficient (Wildman–Crippen LogP) is 2.91. The molecule has 0 aliphatic rings. The van der Waals surface area contributed by atoms with Crippen molar-refractivity contribution < 1.29 is 4.79 Å². The number of carbonyl (C=O) groups is 1. The topological polar surface area (TPSA) is 46.9 Å². The second-order valence-corrected chi connectivity index (χ2v) is 4.97. The molecular weight excluding hydrogens is 238 g/mol. The van der Waals surface area contributed by atoms with E-state index in [9.17, 15) is 4.79 Å². The molecule has 0 atom stereocenters. The Balaban J connectivity index is 2.30. The Hall–Kier alpha value is -2.10. The molecule has 0 radical (unpaired) electrons. The van der Waals surface area contributed by atoms with Crippen LogP contribution in [0.5, 0.6) is 0 Å². The highest BCUT2D eigenvalue weighted by Crippen LogP contribution is 2.18. The number of aryl methyl sites for hydroxylation is 4. The van der Waals surface area contributed by atoms with Crippen LogP contribution in [0.2, 0.25) is 0 Å². The van der Waals surface area contributed by atoms with E-state index in [4.69, 9.17) is 0 Å². The molecule has 0 saturated heterocycles. The van der Waals surface area contributed by atoms with E-state index in [-0.39, 0.29) is 5.91 Å². The fourth-order valence-electron chi connectivity index (χ4n) is 2.02. The van der Waals surface area contributed by atoms with E-state index in [1.165, 1.54) is 5.56 Å². The summed E-state index contributed by atoms with van der Waals surface area (Å²) in [6.45, 7) is 7.95. The normalized spacial score (nSPS) is 10.6. The summed E-state index contributed by atoms with van der Waals surface area (Å²) in [5.74, 6) is -0.0864. The molecule has 1 heterocycles. The number of benzene rings is 1. The monoisotopic (exact) mass is 257 g/mol. The lowest BCUT2D eigenvalue weighted by atomic mass is 10.0. The van der Waals surface area contributed by atoms with Gasteiger partial charge in [-0.2, -0.15) is 5.10 Å². The zero-order chi connectivity index (χ0) is 14.2. The summed E-state index contributed by atoms with van der Waals surface area (Å²) in [7, 11) is 1.85. The smallest absolute Gasteiger partial charge is 0.256 e. The highest BCUT2D eigenvalue weighted by atomic mass is 16.1. The van der Waals surface area contributed by atoms with E-state index in [0.717, 1.165) is 22.5 Å². The van der Waals surface area contributed by atoms with E-state index in [2.05, 4.69) is 17.3 Å². The number of rotatable bonds is 2. The Labute approximate surface area is 113 Å². The van der Waals surface area contributed by atoms with Gasteiger partial charge < -0.3 is 5.32 Å². The molecule has 4 heteroatoms. The Morgan fingerprint density at radius 1 is 1.11 bits per heavy atom. The molecule has 4 nitrogen and oxygen atoms in total. The third-order valence-electron chi connectivity index (χ3n) is 3.57. The van der Waals surface area contributed by atoms with Gasteiger partial charge in [0.15, 0.2) is 0 Å². The summed E-state index contributed by atoms with van der Waals surface area (Å²) in [6.07, 6.45) is 1.67. The van der Waals surface area contributed by atoms with Crippen LogP contribution < -0.4 is 5.32 Å². The second kappa shape index (κ2) is 4.88. The number of anilines is 1. The zero-order valence-electron chi connectivity index (χ0n) is 12.0. The van der Waals surface area contributed by atoms with Crippen LogP contribution in [0.25, 0.3) is 0 Å². The average molecular weight is 257 g/mol. The molecule has 2 rings (SSSR count). The first-order chi connectivity index (χ1) is 8.90. The van der Waals surface area contributed by atoms with Crippen LogP contribution in [0, 0.1) is 27.7 Å². The second-order valence-electron chi connectivity index (χ2n) is 4.97. The lowest BCUT2D eigenvalue weighted by Crippen LogP contribution is -2.14. The van der Waals surface area contributed by atoms with Crippen LogP contribution in [0.3, 0.4) is 0 Å². The Bertz CT molecular complexity index is 641. The molecule has 0 bridgehead atoms. The first-order valence-electron chi connectivity index (χ1n) is 6.28. The molecule has 1 aromatic carbocycles. The van der Waals surface area contributed by atoms with Gasteiger partial charge in [-0.3, -0.25) is 9.48 Å². The summed E-state index contributed by atoms with van der Waals surface area (Å²) < 4.78 is 1.74. The number of amides is 1. The van der Waals surface area contributed by atoms with E-state index in [0.29, 0.717) is 5.56 Å². The Morgan fingerprint density at radius 2 is 1.74 bits per heavy atom. The van der Waals surface area contributed by atoms with Gasteiger partial charge in [0.05, 0.1) is 17.6 Å². The van der Waals surface area contributed by atoms with Gasteiger partial charge in [0.1, 0.15) is 0 Å². The van der Waals surface area contributed by atoms with Crippen LogP contribution in [0.4, 0.5) is 5.69 Å². The molecule has 100 valence electrons. The summed E-state index contributed by atoms with van der Waals surface area (Å²) in [5.41, 5.74) is 5.72. The lowest BCUT2D eigenvalue weighted by Gasteiger charge is -2.10. The first kappa shape index (κ1) is 13.3. The van der Waals surface area contributed by atoms with Crippen LogP contribution in [-0.4, -0.2) is 15.7 Å². The number of nitrogens with zero attached hydrogens (tertiary/aromatic N) is 2. The maximum absolute atomic E-state index is 12.3. The fraction of sp³-hybridized carbons (Fsp3) is 0.333. The Morgan fingerprint density at radius 3 is 2.32 bits per heavy atom. The number of hydrogen-bond acceptors (Lipinski definition) is 2. The van der Waals surface area contributed by atoms with Crippen molar-refractivity contribution in [2.24, 2.45) is 7.05 Å². The number of aromatic nitrogens is 2. The molecular formula is C15H19N3O. The van der Waals surface area contributed by atoms with E-state index < -0.39 is 0 Å². The quantitative estimate of drug-likeness (QED) is 0.899. The Kier molecular flexibility index (Phi) is 3.42. The van der Waals surface area contributed by atoms with Crippen molar-refractivity contribution in [1.29, 1.82) is 0 Å². The molecule has 0 spiro atoms. The molecule has 1 aromatic heterocycles. The van der Waals surface area contributed by atoms with Gasteiger partial charge in [-0.1, -0.05) is 6.07 Å². The van der Waals surface area contributed by atoms with Gasteiger partial charge in [0, 0.05) is 12.6 Å². The third kappa shape index (κ3) is 2.52. The summed E-state index contributed by atoms with van der Waals surface area (Å²) in [4.78, 5) is 12.3. The highest BCUT2D eigenvalue weighted by Gasteiger charge is 2.13. The highest BCUT2D eigenvalue weighted by molar-refractivity contribution is 6.05. The molecule has 0 saturated carbocycles. The number of carbonyl (C=O) groups excluding carboxylic acids is 1. The van der Waals surface area contributed by atoms with Crippen molar-refractivity contribution in [2.45, 2.75) is 27.7 Å². The van der Waals surface area contributed by atoms with Gasteiger partial charge in [0.25, 0.3) is 5.91 Å². The largest absolute Gasteiger partial charge is 0.319 e. The molecule has 1 amide bonds. The number of nitrogens with one attached hydrogen (secondary N) is 1. The van der Waals surface area contributed by atoms with Crippen molar-refractivity contribution in [3.05, 3.63) is 46.3 Å². The summed E-state index contributed by atoms with van der Waals surface area (Å²) in [6, 6.07) is 3.98. The van der Waals surface area contributed by atoms with Gasteiger partial charge in [0.2, 0.25) is 0 Å². The zero-order valence-corrected chi connectivity index (χ0v) is 12.0. The minimum atomic E-state index is -0.0864. The van der Waals surface area contributed by atoms with Gasteiger partial charge in [-0.05, 0) is 50.5 Å². The summed E-state index contributed by atoms with van der Waals surface area (Å²) in [5, 5.41) is 7.03. The summed E-state index contributed by atoms with van der Waals surface area (Å²) >= 11 is 0. The maximum Gasteiger partial charge on any atom is 0.256 e. The molecule has 0 aliphatic carbocycles. The molecule has 0 fully saturated rings. The van der Waals surface area contributed by atoms with Crippen LogP contribution in [0.15, 0.2) is 18.3 Å². The minimum Gasteiger partial charge on any atom is -0.319 e. The van der Waals surface area contributed by atoms with Crippen molar-refractivity contribution in [3.63, 3.8) is 0 Å². The van der Waals surface area contributed by atoms with Crippen LogP contribution >= 0.6 is 0 Å². The first-order valence-corrected chi connectivity index (χ1v) is 6.28. The molecule has 0 aliphatic heterocycles. The van der Waals surface area contributed by atoms with Crippen molar-refractivity contribution in [1.82, 2.24) is 9.78 Å². The standard InChI is InChI=1S/C15H19N3O/c1-9-6-11(3)13(7-10(9)2)15(19)17-14-8-16-18(5)12(14)4/h6-8H,1-5H3,(H,17,19). The van der Waals surface area contributed by atoms with Crippen LogP contribution in [-0.2, 0) is 7.05 Å². The SMILES string of the molecule is Cc1cc(C)c(C(=O)Nc2cnn(C)c2C)cc1C. The van der Waals surface area contributed by atoms with E-state index in [1.807, 2.05) is 40.0 Å². The minimum absolute atomic E-state index is 0.0864. The molecule has 2 aromatic rings.